The Balaban J connectivity index is 1.68. The van der Waals surface area contributed by atoms with E-state index in [0.717, 1.165) is 36.9 Å². The standard InChI is InChI=1S/C18H25N3OS/c1-12-6-8-21(9-7-12)11-16(22)20-18-14(10-19)17-13(2)4-3-5-15(17)23-18/h12-13H,3-9,11H2,1-2H3,(H,20,22). The Morgan fingerprint density at radius 1 is 1.35 bits per heavy atom. The fourth-order valence-electron chi connectivity index (χ4n) is 3.70. The molecule has 4 nitrogen and oxygen atoms in total. The van der Waals surface area contributed by atoms with Gasteiger partial charge in [0, 0.05) is 4.88 Å². The zero-order valence-electron chi connectivity index (χ0n) is 14.0. The van der Waals surface area contributed by atoms with Gasteiger partial charge in [-0.2, -0.15) is 5.26 Å². The van der Waals surface area contributed by atoms with Gasteiger partial charge in [0.25, 0.3) is 0 Å². The van der Waals surface area contributed by atoms with Gasteiger partial charge in [0.15, 0.2) is 0 Å². The van der Waals surface area contributed by atoms with E-state index >= 15 is 0 Å². The van der Waals surface area contributed by atoms with Gasteiger partial charge >= 0.3 is 0 Å². The number of nitriles is 1. The average molecular weight is 331 g/mol. The third-order valence-corrected chi connectivity index (χ3v) is 6.34. The predicted octanol–water partition coefficient (Wildman–Crippen LogP) is 3.73. The van der Waals surface area contributed by atoms with Crippen LogP contribution in [0, 0.1) is 17.2 Å². The van der Waals surface area contributed by atoms with Gasteiger partial charge in [0.2, 0.25) is 5.91 Å². The van der Waals surface area contributed by atoms with Crippen LogP contribution in [0.3, 0.4) is 0 Å². The van der Waals surface area contributed by atoms with Crippen molar-refractivity contribution in [3.63, 3.8) is 0 Å². The number of aryl methyl sites for hydroxylation is 1. The lowest BCUT2D eigenvalue weighted by Gasteiger charge is -2.29. The Morgan fingerprint density at radius 3 is 2.78 bits per heavy atom. The lowest BCUT2D eigenvalue weighted by Crippen LogP contribution is -2.38. The Kier molecular flexibility index (Phi) is 5.03. The van der Waals surface area contributed by atoms with Crippen molar-refractivity contribution in [2.24, 2.45) is 5.92 Å². The molecule has 0 bridgehead atoms. The van der Waals surface area contributed by atoms with Gasteiger partial charge in [-0.15, -0.1) is 11.3 Å². The molecular formula is C18H25N3OS. The maximum absolute atomic E-state index is 12.4. The summed E-state index contributed by atoms with van der Waals surface area (Å²) in [5.41, 5.74) is 1.89. The number of hydrogen-bond acceptors (Lipinski definition) is 4. The molecule has 1 N–H and O–H groups in total. The third-order valence-electron chi connectivity index (χ3n) is 5.16. The third kappa shape index (κ3) is 3.59. The highest BCUT2D eigenvalue weighted by Crippen LogP contribution is 2.42. The number of amides is 1. The van der Waals surface area contributed by atoms with E-state index in [4.69, 9.17) is 0 Å². The smallest absolute Gasteiger partial charge is 0.239 e. The molecule has 2 aliphatic rings. The number of nitrogens with zero attached hydrogens (tertiary/aromatic N) is 2. The lowest BCUT2D eigenvalue weighted by molar-refractivity contribution is -0.117. The van der Waals surface area contributed by atoms with Crippen molar-refractivity contribution in [1.82, 2.24) is 4.90 Å². The second kappa shape index (κ2) is 7.02. The number of thiophene rings is 1. The van der Waals surface area contributed by atoms with Crippen LogP contribution in [0.25, 0.3) is 0 Å². The van der Waals surface area contributed by atoms with Crippen LogP contribution in [0.1, 0.15) is 61.5 Å². The maximum atomic E-state index is 12.4. The van der Waals surface area contributed by atoms with Crippen LogP contribution in [0.4, 0.5) is 5.00 Å². The van der Waals surface area contributed by atoms with Crippen LogP contribution in [-0.4, -0.2) is 30.4 Å². The van der Waals surface area contributed by atoms with Crippen LogP contribution < -0.4 is 5.32 Å². The van der Waals surface area contributed by atoms with E-state index in [0.29, 0.717) is 18.0 Å². The molecular weight excluding hydrogens is 306 g/mol. The fraction of sp³-hybridized carbons (Fsp3) is 0.667. The molecule has 1 saturated heterocycles. The molecule has 1 unspecified atom stereocenters. The number of likely N-dealkylation sites (tertiary alicyclic amines) is 1. The Hall–Kier alpha value is -1.38. The van der Waals surface area contributed by atoms with Crippen LogP contribution in [-0.2, 0) is 11.2 Å². The quantitative estimate of drug-likeness (QED) is 0.918. The number of hydrogen-bond donors (Lipinski definition) is 1. The van der Waals surface area contributed by atoms with Crippen molar-refractivity contribution in [2.75, 3.05) is 25.0 Å². The lowest BCUT2D eigenvalue weighted by atomic mass is 9.87. The molecule has 1 aliphatic heterocycles. The second-order valence-corrected chi connectivity index (χ2v) is 8.16. The highest BCUT2D eigenvalue weighted by Gasteiger charge is 2.27. The number of fused-ring (bicyclic) bond motifs is 1. The van der Waals surface area contributed by atoms with E-state index in [9.17, 15) is 10.1 Å². The van der Waals surface area contributed by atoms with Crippen molar-refractivity contribution in [2.45, 2.75) is 51.9 Å². The van der Waals surface area contributed by atoms with E-state index < -0.39 is 0 Å². The van der Waals surface area contributed by atoms with Crippen molar-refractivity contribution >= 4 is 22.2 Å². The summed E-state index contributed by atoms with van der Waals surface area (Å²) in [5.74, 6) is 1.21. The topological polar surface area (TPSA) is 56.1 Å². The van der Waals surface area contributed by atoms with Crippen LogP contribution in [0.15, 0.2) is 0 Å². The summed E-state index contributed by atoms with van der Waals surface area (Å²) in [7, 11) is 0. The van der Waals surface area contributed by atoms with E-state index in [1.165, 1.54) is 29.7 Å². The summed E-state index contributed by atoms with van der Waals surface area (Å²) in [5, 5.41) is 13.3. The van der Waals surface area contributed by atoms with E-state index in [1.54, 1.807) is 11.3 Å². The van der Waals surface area contributed by atoms with E-state index in [2.05, 4.69) is 30.1 Å². The Bertz CT molecular complexity index is 623. The largest absolute Gasteiger partial charge is 0.315 e. The fourth-order valence-corrected chi connectivity index (χ4v) is 5.03. The predicted molar refractivity (Wildman–Crippen MR) is 93.9 cm³/mol. The molecule has 1 fully saturated rings. The first-order valence-electron chi connectivity index (χ1n) is 8.66. The van der Waals surface area contributed by atoms with Gasteiger partial charge in [-0.05, 0) is 62.6 Å². The number of carbonyl (C=O) groups is 1. The number of carbonyl (C=O) groups excluding carboxylic acids is 1. The van der Waals surface area contributed by atoms with E-state index in [1.807, 2.05) is 0 Å². The van der Waals surface area contributed by atoms with Gasteiger partial charge in [-0.25, -0.2) is 0 Å². The van der Waals surface area contributed by atoms with Crippen LogP contribution in [0.5, 0.6) is 0 Å². The molecule has 0 radical (unpaired) electrons. The molecule has 1 atom stereocenters. The molecule has 3 rings (SSSR count). The molecule has 0 spiro atoms. The van der Waals surface area contributed by atoms with Gasteiger partial charge in [0.05, 0.1) is 12.1 Å². The SMILES string of the molecule is CC1CCN(CC(=O)Nc2sc3c(c2C#N)C(C)CCC3)CC1. The first-order chi connectivity index (χ1) is 11.1. The molecule has 124 valence electrons. The molecule has 0 saturated carbocycles. The van der Waals surface area contributed by atoms with Gasteiger partial charge in [-0.1, -0.05) is 13.8 Å². The molecule has 23 heavy (non-hydrogen) atoms. The number of piperidine rings is 1. The highest BCUT2D eigenvalue weighted by molar-refractivity contribution is 7.16. The van der Waals surface area contributed by atoms with Crippen LogP contribution >= 0.6 is 11.3 Å². The molecule has 2 heterocycles. The number of rotatable bonds is 3. The summed E-state index contributed by atoms with van der Waals surface area (Å²) in [6, 6.07) is 2.33. The van der Waals surface area contributed by atoms with Crippen molar-refractivity contribution in [3.05, 3.63) is 16.0 Å². The zero-order valence-corrected chi connectivity index (χ0v) is 14.8. The zero-order chi connectivity index (χ0) is 16.4. The molecule has 5 heteroatoms. The minimum absolute atomic E-state index is 0.0160. The minimum atomic E-state index is 0.0160. The summed E-state index contributed by atoms with van der Waals surface area (Å²) >= 11 is 1.61. The molecule has 1 aromatic heterocycles. The number of anilines is 1. The average Bonchev–Trinajstić information content (AvgIpc) is 2.88. The normalized spacial score (nSPS) is 22.4. The molecule has 0 aromatic carbocycles. The van der Waals surface area contributed by atoms with Crippen LogP contribution in [0.2, 0.25) is 0 Å². The second-order valence-electron chi connectivity index (χ2n) is 7.05. The van der Waals surface area contributed by atoms with E-state index in [-0.39, 0.29) is 5.91 Å². The molecule has 1 aromatic rings. The summed E-state index contributed by atoms with van der Waals surface area (Å²) in [4.78, 5) is 15.9. The summed E-state index contributed by atoms with van der Waals surface area (Å²) < 4.78 is 0. The van der Waals surface area contributed by atoms with Crippen molar-refractivity contribution in [1.29, 1.82) is 5.26 Å². The van der Waals surface area contributed by atoms with Gasteiger partial charge in [-0.3, -0.25) is 9.69 Å². The summed E-state index contributed by atoms with van der Waals surface area (Å²) in [6.45, 7) is 6.89. The van der Waals surface area contributed by atoms with Crippen molar-refractivity contribution < 1.29 is 4.79 Å². The summed E-state index contributed by atoms with van der Waals surface area (Å²) in [6.07, 6.45) is 5.69. The Morgan fingerprint density at radius 2 is 2.09 bits per heavy atom. The van der Waals surface area contributed by atoms with Gasteiger partial charge in [0.1, 0.15) is 11.1 Å². The first kappa shape index (κ1) is 16.5. The maximum Gasteiger partial charge on any atom is 0.239 e. The number of nitrogens with one attached hydrogen (secondary N) is 1. The Labute approximate surface area is 142 Å². The molecule has 1 aliphatic carbocycles. The first-order valence-corrected chi connectivity index (χ1v) is 9.48. The van der Waals surface area contributed by atoms with Gasteiger partial charge < -0.3 is 5.32 Å². The molecule has 1 amide bonds. The monoisotopic (exact) mass is 331 g/mol. The van der Waals surface area contributed by atoms with Crippen molar-refractivity contribution in [3.8, 4) is 6.07 Å². The minimum Gasteiger partial charge on any atom is -0.315 e. The highest BCUT2D eigenvalue weighted by atomic mass is 32.1.